The van der Waals surface area contributed by atoms with Crippen LogP contribution in [0.4, 0.5) is 0 Å². The molecule has 1 unspecified atom stereocenters. The predicted octanol–water partition coefficient (Wildman–Crippen LogP) is 5.12. The summed E-state index contributed by atoms with van der Waals surface area (Å²) < 4.78 is 11.5. The molecule has 0 saturated carbocycles. The lowest BCUT2D eigenvalue weighted by molar-refractivity contribution is -0.145. The van der Waals surface area contributed by atoms with Crippen LogP contribution in [0, 0.1) is 11.8 Å². The molecule has 2 N–H and O–H groups in total. The van der Waals surface area contributed by atoms with E-state index in [1.54, 1.807) is 12.1 Å². The zero-order chi connectivity index (χ0) is 24.4. The molecule has 0 radical (unpaired) electrons. The number of hydrogen-bond donors (Lipinski definition) is 2. The van der Waals surface area contributed by atoms with Crippen LogP contribution in [0.5, 0.6) is 5.75 Å². The number of carbonyl (C=O) groups is 2. The first-order valence-electron chi connectivity index (χ1n) is 11.2. The van der Waals surface area contributed by atoms with Gasteiger partial charge in [-0.15, -0.1) is 0 Å². The SMILES string of the molecule is CC(C)COc1ccc(CC(NC(=O)[C@H](CC(C)C)OCc2ccc(Cl)cc2)C(=O)O)cc1. The monoisotopic (exact) mass is 475 g/mol. The minimum absolute atomic E-state index is 0.164. The van der Waals surface area contributed by atoms with Gasteiger partial charge in [-0.3, -0.25) is 4.79 Å². The van der Waals surface area contributed by atoms with Crippen molar-refractivity contribution in [3.05, 3.63) is 64.7 Å². The van der Waals surface area contributed by atoms with Gasteiger partial charge in [0.1, 0.15) is 17.9 Å². The summed E-state index contributed by atoms with van der Waals surface area (Å²) in [6.45, 7) is 8.96. The second-order valence-corrected chi connectivity index (χ2v) is 9.44. The summed E-state index contributed by atoms with van der Waals surface area (Å²) >= 11 is 5.92. The standard InChI is InChI=1S/C26H34ClNO5/c1-17(2)13-24(33-16-20-5-9-21(27)10-6-20)25(29)28-23(26(30)31)14-19-7-11-22(12-8-19)32-15-18(3)4/h5-12,17-18,23-24H,13-16H2,1-4H3,(H,28,29)(H,30,31)/t23?,24-/m0/s1. The van der Waals surface area contributed by atoms with Gasteiger partial charge < -0.3 is 19.9 Å². The first-order chi connectivity index (χ1) is 15.6. The number of amides is 1. The molecule has 0 fully saturated rings. The molecule has 2 aromatic carbocycles. The summed E-state index contributed by atoms with van der Waals surface area (Å²) in [7, 11) is 0. The second-order valence-electron chi connectivity index (χ2n) is 9.01. The Kier molecular flexibility index (Phi) is 10.7. The lowest BCUT2D eigenvalue weighted by Gasteiger charge is -2.22. The number of halogens is 1. The lowest BCUT2D eigenvalue weighted by Crippen LogP contribution is -2.47. The van der Waals surface area contributed by atoms with Crippen LogP contribution in [0.2, 0.25) is 5.02 Å². The van der Waals surface area contributed by atoms with E-state index >= 15 is 0 Å². The van der Waals surface area contributed by atoms with E-state index in [0.717, 1.165) is 16.9 Å². The Balaban J connectivity index is 2.00. The molecule has 33 heavy (non-hydrogen) atoms. The minimum Gasteiger partial charge on any atom is -0.493 e. The van der Waals surface area contributed by atoms with Crippen LogP contribution in [0.15, 0.2) is 48.5 Å². The third-order valence-corrected chi connectivity index (χ3v) is 5.16. The Labute approximate surface area is 201 Å². The van der Waals surface area contributed by atoms with Crippen LogP contribution in [0.1, 0.15) is 45.2 Å². The van der Waals surface area contributed by atoms with Crippen LogP contribution in [0.25, 0.3) is 0 Å². The fourth-order valence-corrected chi connectivity index (χ4v) is 3.27. The number of hydrogen-bond acceptors (Lipinski definition) is 4. The Morgan fingerprint density at radius 3 is 2.09 bits per heavy atom. The van der Waals surface area contributed by atoms with Gasteiger partial charge in [0.05, 0.1) is 13.2 Å². The Bertz CT molecular complexity index is 881. The first-order valence-corrected chi connectivity index (χ1v) is 11.6. The molecule has 2 aromatic rings. The average molecular weight is 476 g/mol. The number of benzene rings is 2. The highest BCUT2D eigenvalue weighted by Gasteiger charge is 2.27. The molecule has 7 heteroatoms. The van der Waals surface area contributed by atoms with Crippen molar-refractivity contribution >= 4 is 23.5 Å². The fraction of sp³-hybridized carbons (Fsp3) is 0.462. The van der Waals surface area contributed by atoms with Gasteiger partial charge in [-0.05, 0) is 53.6 Å². The van der Waals surface area contributed by atoms with E-state index in [4.69, 9.17) is 21.1 Å². The van der Waals surface area contributed by atoms with Crippen molar-refractivity contribution in [1.29, 1.82) is 0 Å². The summed E-state index contributed by atoms with van der Waals surface area (Å²) in [4.78, 5) is 24.8. The smallest absolute Gasteiger partial charge is 0.326 e. The maximum Gasteiger partial charge on any atom is 0.326 e. The molecule has 0 aliphatic rings. The highest BCUT2D eigenvalue weighted by Crippen LogP contribution is 2.17. The average Bonchev–Trinajstić information content (AvgIpc) is 2.76. The van der Waals surface area contributed by atoms with Gasteiger partial charge in [-0.2, -0.15) is 0 Å². The number of aliphatic carboxylic acids is 1. The Morgan fingerprint density at radius 1 is 0.939 bits per heavy atom. The molecule has 0 bridgehead atoms. The molecule has 0 heterocycles. The van der Waals surface area contributed by atoms with Crippen LogP contribution in [0.3, 0.4) is 0 Å². The van der Waals surface area contributed by atoms with E-state index in [1.165, 1.54) is 0 Å². The molecule has 0 aromatic heterocycles. The molecule has 0 saturated heterocycles. The number of rotatable bonds is 13. The quantitative estimate of drug-likeness (QED) is 0.420. The number of carboxylic acids is 1. The topological polar surface area (TPSA) is 84.9 Å². The maximum atomic E-state index is 12.9. The summed E-state index contributed by atoms with van der Waals surface area (Å²) in [5.41, 5.74) is 1.68. The van der Waals surface area contributed by atoms with Gasteiger partial charge in [0.25, 0.3) is 0 Å². The van der Waals surface area contributed by atoms with Crippen LogP contribution < -0.4 is 10.1 Å². The number of carbonyl (C=O) groups excluding carboxylic acids is 1. The molecule has 6 nitrogen and oxygen atoms in total. The third-order valence-electron chi connectivity index (χ3n) is 4.90. The van der Waals surface area contributed by atoms with E-state index in [2.05, 4.69) is 19.2 Å². The molecule has 0 aliphatic heterocycles. The summed E-state index contributed by atoms with van der Waals surface area (Å²) in [6.07, 6.45) is -0.112. The van der Waals surface area contributed by atoms with Gasteiger partial charge in [-0.1, -0.05) is 63.6 Å². The van der Waals surface area contributed by atoms with Gasteiger partial charge in [0, 0.05) is 11.4 Å². The zero-order valence-corrected chi connectivity index (χ0v) is 20.5. The molecule has 180 valence electrons. The molecule has 1 amide bonds. The maximum absolute atomic E-state index is 12.9. The lowest BCUT2D eigenvalue weighted by atomic mass is 10.0. The van der Waals surface area contributed by atoms with Gasteiger partial charge in [-0.25, -0.2) is 4.79 Å². The number of carboxylic acid groups (broad SMARTS) is 1. The van der Waals surface area contributed by atoms with Crippen LogP contribution in [-0.4, -0.2) is 35.7 Å². The Morgan fingerprint density at radius 2 is 1.55 bits per heavy atom. The van der Waals surface area contributed by atoms with E-state index in [1.807, 2.05) is 50.2 Å². The third kappa shape index (κ3) is 9.84. The van der Waals surface area contributed by atoms with E-state index < -0.39 is 24.0 Å². The van der Waals surface area contributed by atoms with Crippen molar-refractivity contribution in [1.82, 2.24) is 5.32 Å². The molecule has 2 atom stereocenters. The van der Waals surface area contributed by atoms with E-state index in [0.29, 0.717) is 24.0 Å². The summed E-state index contributed by atoms with van der Waals surface area (Å²) in [5, 5.41) is 13.0. The van der Waals surface area contributed by atoms with E-state index in [-0.39, 0.29) is 18.9 Å². The van der Waals surface area contributed by atoms with Crippen molar-refractivity contribution in [2.24, 2.45) is 11.8 Å². The summed E-state index contributed by atoms with van der Waals surface area (Å²) in [6, 6.07) is 13.4. The van der Waals surface area contributed by atoms with E-state index in [9.17, 15) is 14.7 Å². The van der Waals surface area contributed by atoms with Gasteiger partial charge in [0.15, 0.2) is 0 Å². The van der Waals surface area contributed by atoms with Gasteiger partial charge >= 0.3 is 5.97 Å². The number of nitrogens with one attached hydrogen (secondary N) is 1. The fourth-order valence-electron chi connectivity index (χ4n) is 3.14. The second kappa shape index (κ2) is 13.2. The van der Waals surface area contributed by atoms with Gasteiger partial charge in [0.2, 0.25) is 5.91 Å². The normalized spacial score (nSPS) is 13.1. The Hall–Kier alpha value is -2.57. The molecule has 0 aliphatic carbocycles. The van der Waals surface area contributed by atoms with Crippen LogP contribution in [-0.2, 0) is 27.4 Å². The predicted molar refractivity (Wildman–Crippen MR) is 130 cm³/mol. The molecule has 0 spiro atoms. The van der Waals surface area contributed by atoms with Crippen LogP contribution >= 0.6 is 11.6 Å². The summed E-state index contributed by atoms with van der Waals surface area (Å²) in [5.74, 6) is -0.174. The minimum atomic E-state index is -1.09. The molecule has 2 rings (SSSR count). The molecular weight excluding hydrogens is 442 g/mol. The van der Waals surface area contributed by atoms with Crippen molar-refractivity contribution < 1.29 is 24.2 Å². The van der Waals surface area contributed by atoms with Crippen molar-refractivity contribution in [3.8, 4) is 5.75 Å². The largest absolute Gasteiger partial charge is 0.493 e. The zero-order valence-electron chi connectivity index (χ0n) is 19.7. The van der Waals surface area contributed by atoms with Crippen molar-refractivity contribution in [2.75, 3.05) is 6.61 Å². The number of ether oxygens (including phenoxy) is 2. The highest BCUT2D eigenvalue weighted by molar-refractivity contribution is 6.30. The molecular formula is C26H34ClNO5. The first kappa shape index (κ1) is 26.7. The van der Waals surface area contributed by atoms with Crippen molar-refractivity contribution in [3.63, 3.8) is 0 Å². The highest BCUT2D eigenvalue weighted by atomic mass is 35.5. The van der Waals surface area contributed by atoms with Crippen molar-refractivity contribution in [2.45, 2.75) is 59.3 Å².